The molecule has 12 heteroatoms. The largest absolute Gasteiger partial charge is 0.352 e. The van der Waals surface area contributed by atoms with Crippen LogP contribution in [0.2, 0.25) is 0 Å². The van der Waals surface area contributed by atoms with Crippen LogP contribution in [0.3, 0.4) is 0 Å². The Bertz CT molecular complexity index is 1500. The Balaban J connectivity index is 2.10. The number of sulfonamides is 1. The molecule has 218 valence electrons. The Morgan fingerprint density at radius 2 is 1.63 bits per heavy atom. The molecule has 0 heterocycles. The van der Waals surface area contributed by atoms with Crippen LogP contribution in [0.1, 0.15) is 30.5 Å². The van der Waals surface area contributed by atoms with Crippen molar-refractivity contribution in [2.75, 3.05) is 17.1 Å². The van der Waals surface area contributed by atoms with E-state index in [1.54, 1.807) is 32.9 Å². The van der Waals surface area contributed by atoms with Crippen LogP contribution in [0.25, 0.3) is 0 Å². The summed E-state index contributed by atoms with van der Waals surface area (Å²) in [6, 6.07) is 16.9. The van der Waals surface area contributed by atoms with Crippen LogP contribution >= 0.6 is 0 Å². The number of aryl methyl sites for hydroxylation is 1. The van der Waals surface area contributed by atoms with E-state index in [0.717, 1.165) is 22.2 Å². The van der Waals surface area contributed by atoms with E-state index < -0.39 is 45.2 Å². The molecule has 0 bridgehead atoms. The highest BCUT2D eigenvalue weighted by molar-refractivity contribution is 7.92. The topological polar surface area (TPSA) is 130 Å². The number of carbonyl (C=O) groups is 2. The van der Waals surface area contributed by atoms with Crippen molar-refractivity contribution >= 4 is 33.2 Å². The zero-order chi connectivity index (χ0) is 30.3. The SMILES string of the molecule is Cc1ccc([N+](=O)[O-])cc1N(CC(=O)N(Cc1ccc(F)cc1)C(Cc1ccccc1)C(=O)NC(C)C)S(C)(=O)=O. The van der Waals surface area contributed by atoms with E-state index in [4.69, 9.17) is 0 Å². The third kappa shape index (κ3) is 8.58. The smallest absolute Gasteiger partial charge is 0.271 e. The number of nitrogens with one attached hydrogen (secondary N) is 1. The number of nitro benzene ring substituents is 1. The highest BCUT2D eigenvalue weighted by Gasteiger charge is 2.34. The van der Waals surface area contributed by atoms with Gasteiger partial charge in [0.15, 0.2) is 0 Å². The van der Waals surface area contributed by atoms with Crippen molar-refractivity contribution in [1.29, 1.82) is 0 Å². The zero-order valence-electron chi connectivity index (χ0n) is 23.3. The van der Waals surface area contributed by atoms with Crippen LogP contribution in [-0.4, -0.2) is 54.9 Å². The third-order valence-electron chi connectivity index (χ3n) is 6.32. The Labute approximate surface area is 239 Å². The van der Waals surface area contributed by atoms with Gasteiger partial charge in [-0.1, -0.05) is 48.5 Å². The first-order valence-corrected chi connectivity index (χ1v) is 14.7. The minimum atomic E-state index is -4.10. The molecule has 3 aromatic rings. The first-order chi connectivity index (χ1) is 19.3. The number of amides is 2. The fourth-order valence-electron chi connectivity index (χ4n) is 4.30. The van der Waals surface area contributed by atoms with Gasteiger partial charge in [-0.05, 0) is 49.6 Å². The number of halogens is 1. The number of nitro groups is 1. The second-order valence-electron chi connectivity index (χ2n) is 10.0. The van der Waals surface area contributed by atoms with Gasteiger partial charge in [-0.2, -0.15) is 0 Å². The van der Waals surface area contributed by atoms with Crippen molar-refractivity contribution in [2.24, 2.45) is 0 Å². The zero-order valence-corrected chi connectivity index (χ0v) is 24.1. The molecular weight excluding hydrogens is 551 g/mol. The predicted octanol–water partition coefficient (Wildman–Crippen LogP) is 3.97. The molecule has 0 spiro atoms. The van der Waals surface area contributed by atoms with Gasteiger partial charge in [0, 0.05) is 31.1 Å². The molecule has 1 N–H and O–H groups in total. The Morgan fingerprint density at radius 3 is 2.20 bits per heavy atom. The van der Waals surface area contributed by atoms with E-state index in [1.807, 2.05) is 18.2 Å². The standard InChI is InChI=1S/C29H33FN4O6S/c1-20(2)31-29(36)27(16-22-8-6-5-7-9-22)32(18-23-11-13-24(30)14-12-23)28(35)19-33(41(4,39)40)26-17-25(34(37)38)15-10-21(26)3/h5-15,17,20,27H,16,18-19H2,1-4H3,(H,31,36). The van der Waals surface area contributed by atoms with Gasteiger partial charge in [-0.15, -0.1) is 0 Å². The molecule has 10 nitrogen and oxygen atoms in total. The van der Waals surface area contributed by atoms with E-state index >= 15 is 0 Å². The first kappa shape index (κ1) is 31.2. The van der Waals surface area contributed by atoms with E-state index in [1.165, 1.54) is 41.3 Å². The van der Waals surface area contributed by atoms with Crippen LogP contribution < -0.4 is 9.62 Å². The molecule has 3 rings (SSSR count). The fourth-order valence-corrected chi connectivity index (χ4v) is 5.19. The summed E-state index contributed by atoms with van der Waals surface area (Å²) in [4.78, 5) is 39.6. The van der Waals surface area contributed by atoms with Crippen molar-refractivity contribution in [3.05, 3.63) is 105 Å². The lowest BCUT2D eigenvalue weighted by Crippen LogP contribution is -2.54. The number of nitrogens with zero attached hydrogens (tertiary/aromatic N) is 3. The van der Waals surface area contributed by atoms with E-state index in [0.29, 0.717) is 11.1 Å². The minimum absolute atomic E-state index is 0.0250. The van der Waals surface area contributed by atoms with Crippen molar-refractivity contribution in [2.45, 2.75) is 45.8 Å². The third-order valence-corrected chi connectivity index (χ3v) is 7.45. The first-order valence-electron chi connectivity index (χ1n) is 12.9. The highest BCUT2D eigenvalue weighted by Crippen LogP contribution is 2.28. The van der Waals surface area contributed by atoms with Crippen LogP contribution in [0.4, 0.5) is 15.8 Å². The maximum atomic E-state index is 14.0. The second-order valence-corrected chi connectivity index (χ2v) is 11.9. The molecule has 0 fully saturated rings. The van der Waals surface area contributed by atoms with Crippen molar-refractivity contribution < 1.29 is 27.3 Å². The number of anilines is 1. The van der Waals surface area contributed by atoms with Gasteiger partial charge < -0.3 is 10.2 Å². The summed E-state index contributed by atoms with van der Waals surface area (Å²) in [7, 11) is -4.10. The van der Waals surface area contributed by atoms with Gasteiger partial charge >= 0.3 is 0 Å². The molecule has 1 atom stereocenters. The number of rotatable bonds is 12. The number of benzene rings is 3. The molecule has 3 aromatic carbocycles. The van der Waals surface area contributed by atoms with Crippen LogP contribution in [0.5, 0.6) is 0 Å². The van der Waals surface area contributed by atoms with E-state index in [-0.39, 0.29) is 30.4 Å². The summed E-state index contributed by atoms with van der Waals surface area (Å²) >= 11 is 0. The average molecular weight is 585 g/mol. The van der Waals surface area contributed by atoms with Gasteiger partial charge in [-0.25, -0.2) is 12.8 Å². The van der Waals surface area contributed by atoms with Crippen LogP contribution in [0.15, 0.2) is 72.8 Å². The fraction of sp³-hybridized carbons (Fsp3) is 0.310. The van der Waals surface area contributed by atoms with Crippen molar-refractivity contribution in [1.82, 2.24) is 10.2 Å². The Morgan fingerprint density at radius 1 is 1.00 bits per heavy atom. The van der Waals surface area contributed by atoms with Gasteiger partial charge in [0.25, 0.3) is 5.69 Å². The lowest BCUT2D eigenvalue weighted by Gasteiger charge is -2.34. The molecule has 0 aliphatic heterocycles. The summed E-state index contributed by atoms with van der Waals surface area (Å²) < 4.78 is 40.3. The quantitative estimate of drug-likeness (QED) is 0.253. The maximum Gasteiger partial charge on any atom is 0.271 e. The van der Waals surface area contributed by atoms with E-state index in [9.17, 15) is 32.5 Å². The molecule has 0 radical (unpaired) electrons. The molecule has 0 saturated heterocycles. The van der Waals surface area contributed by atoms with Crippen molar-refractivity contribution in [3.8, 4) is 0 Å². The molecule has 2 amide bonds. The summed E-state index contributed by atoms with van der Waals surface area (Å²) in [5.74, 6) is -1.64. The van der Waals surface area contributed by atoms with Crippen LogP contribution in [-0.2, 0) is 32.6 Å². The minimum Gasteiger partial charge on any atom is -0.352 e. The average Bonchev–Trinajstić information content (AvgIpc) is 2.90. The van der Waals surface area contributed by atoms with Gasteiger partial charge in [0.1, 0.15) is 18.4 Å². The Hall–Kier alpha value is -4.32. The number of non-ortho nitro benzene ring substituents is 1. The van der Waals surface area contributed by atoms with Gasteiger partial charge in [0.2, 0.25) is 21.8 Å². The normalized spacial score (nSPS) is 12.0. The molecular formula is C29H33FN4O6S. The summed E-state index contributed by atoms with van der Waals surface area (Å²) in [6.07, 6.45) is 1.02. The molecule has 0 aliphatic carbocycles. The lowest BCUT2D eigenvalue weighted by atomic mass is 10.0. The molecule has 41 heavy (non-hydrogen) atoms. The number of hydrogen-bond acceptors (Lipinski definition) is 6. The number of carbonyl (C=O) groups excluding carboxylic acids is 2. The van der Waals surface area contributed by atoms with Crippen molar-refractivity contribution in [3.63, 3.8) is 0 Å². The van der Waals surface area contributed by atoms with Gasteiger partial charge in [-0.3, -0.25) is 24.0 Å². The summed E-state index contributed by atoms with van der Waals surface area (Å²) in [6.45, 7) is 4.29. The monoisotopic (exact) mass is 584 g/mol. The maximum absolute atomic E-state index is 14.0. The highest BCUT2D eigenvalue weighted by atomic mass is 32.2. The number of hydrogen-bond donors (Lipinski definition) is 1. The predicted molar refractivity (Wildman–Crippen MR) is 154 cm³/mol. The van der Waals surface area contributed by atoms with E-state index in [2.05, 4.69) is 5.32 Å². The Kier molecular flexibility index (Phi) is 10.2. The second kappa shape index (κ2) is 13.4. The molecule has 0 saturated carbocycles. The molecule has 1 unspecified atom stereocenters. The summed E-state index contributed by atoms with van der Waals surface area (Å²) in [5, 5.41) is 14.2. The van der Waals surface area contributed by atoms with Crippen LogP contribution in [0, 0.1) is 22.9 Å². The summed E-state index contributed by atoms with van der Waals surface area (Å²) in [5.41, 5.74) is 1.32. The lowest BCUT2D eigenvalue weighted by molar-refractivity contribution is -0.384. The molecule has 0 aromatic heterocycles. The van der Waals surface area contributed by atoms with Gasteiger partial charge in [0.05, 0.1) is 16.9 Å². The molecule has 0 aliphatic rings.